The largest absolute Gasteiger partial charge is 0.375 e. The number of hydrogen-bond donors (Lipinski definition) is 2. The number of amides is 1. The number of thiazole rings is 1. The van der Waals surface area contributed by atoms with Crippen LogP contribution in [0.2, 0.25) is 0 Å². The molecule has 1 aromatic rings. The fourth-order valence-corrected chi connectivity index (χ4v) is 1.70. The molecule has 0 saturated heterocycles. The van der Waals surface area contributed by atoms with E-state index in [2.05, 4.69) is 16.9 Å². The van der Waals surface area contributed by atoms with Gasteiger partial charge in [-0.05, 0) is 13.8 Å². The van der Waals surface area contributed by atoms with Gasteiger partial charge in [0.2, 0.25) is 0 Å². The SMILES string of the molecule is C=CC(C)NC(=O)c1sc(N)nc1C. The Hall–Kier alpha value is -1.36. The number of aryl methyl sites for hydroxylation is 1. The zero-order chi connectivity index (χ0) is 10.7. The smallest absolute Gasteiger partial charge is 0.263 e. The van der Waals surface area contributed by atoms with Crippen LogP contribution in [-0.2, 0) is 0 Å². The van der Waals surface area contributed by atoms with Gasteiger partial charge in [0.15, 0.2) is 5.13 Å². The van der Waals surface area contributed by atoms with Gasteiger partial charge in [-0.2, -0.15) is 0 Å². The minimum atomic E-state index is -0.149. The molecule has 4 nitrogen and oxygen atoms in total. The van der Waals surface area contributed by atoms with Gasteiger partial charge in [-0.1, -0.05) is 17.4 Å². The molecule has 1 heterocycles. The number of nitrogens with zero attached hydrogens (tertiary/aromatic N) is 1. The number of hydrogen-bond acceptors (Lipinski definition) is 4. The summed E-state index contributed by atoms with van der Waals surface area (Å²) in [4.78, 5) is 16.1. The molecule has 0 radical (unpaired) electrons. The van der Waals surface area contributed by atoms with Crippen LogP contribution in [0.15, 0.2) is 12.7 Å². The minimum absolute atomic E-state index is 0.0507. The first-order valence-electron chi connectivity index (χ1n) is 4.21. The van der Waals surface area contributed by atoms with Crippen LogP contribution in [0.1, 0.15) is 22.3 Å². The number of carbonyl (C=O) groups is 1. The van der Waals surface area contributed by atoms with Crippen molar-refractivity contribution in [1.82, 2.24) is 10.3 Å². The van der Waals surface area contributed by atoms with Crippen LogP contribution >= 0.6 is 11.3 Å². The molecule has 14 heavy (non-hydrogen) atoms. The maximum atomic E-state index is 11.6. The van der Waals surface area contributed by atoms with Crippen molar-refractivity contribution in [2.75, 3.05) is 5.73 Å². The van der Waals surface area contributed by atoms with Crippen LogP contribution in [0.4, 0.5) is 5.13 Å². The van der Waals surface area contributed by atoms with Crippen molar-refractivity contribution in [1.29, 1.82) is 0 Å². The van der Waals surface area contributed by atoms with Crippen molar-refractivity contribution in [2.45, 2.75) is 19.9 Å². The van der Waals surface area contributed by atoms with E-state index in [-0.39, 0.29) is 11.9 Å². The first-order chi connectivity index (χ1) is 6.54. The second-order valence-electron chi connectivity index (χ2n) is 2.96. The first-order valence-corrected chi connectivity index (χ1v) is 5.02. The standard InChI is InChI=1S/C9H13N3OS/c1-4-5(2)11-8(13)7-6(3)12-9(10)14-7/h4-5H,1H2,2-3H3,(H2,10,12)(H,11,13). The summed E-state index contributed by atoms with van der Waals surface area (Å²) in [6.45, 7) is 7.20. The average Bonchev–Trinajstić information content (AvgIpc) is 2.45. The van der Waals surface area contributed by atoms with E-state index in [1.165, 1.54) is 11.3 Å². The Kier molecular flexibility index (Phi) is 3.24. The zero-order valence-corrected chi connectivity index (χ0v) is 9.02. The van der Waals surface area contributed by atoms with E-state index in [1.807, 2.05) is 6.92 Å². The summed E-state index contributed by atoms with van der Waals surface area (Å²) in [5.74, 6) is -0.149. The lowest BCUT2D eigenvalue weighted by atomic mass is 10.3. The fraction of sp³-hybridized carbons (Fsp3) is 0.333. The number of carbonyl (C=O) groups excluding carboxylic acids is 1. The Balaban J connectivity index is 2.79. The van der Waals surface area contributed by atoms with Crippen LogP contribution in [0.25, 0.3) is 0 Å². The molecule has 0 aliphatic heterocycles. The fourth-order valence-electron chi connectivity index (χ4n) is 0.959. The number of rotatable bonds is 3. The molecule has 0 saturated carbocycles. The highest BCUT2D eigenvalue weighted by molar-refractivity contribution is 7.17. The minimum Gasteiger partial charge on any atom is -0.375 e. The maximum absolute atomic E-state index is 11.6. The third-order valence-electron chi connectivity index (χ3n) is 1.73. The zero-order valence-electron chi connectivity index (χ0n) is 8.20. The van der Waals surface area contributed by atoms with Crippen LogP contribution in [0.5, 0.6) is 0 Å². The molecule has 0 bridgehead atoms. The molecule has 1 amide bonds. The monoisotopic (exact) mass is 211 g/mol. The van der Waals surface area contributed by atoms with Crippen molar-refractivity contribution in [3.8, 4) is 0 Å². The molecule has 76 valence electrons. The second kappa shape index (κ2) is 4.23. The van der Waals surface area contributed by atoms with Crippen molar-refractivity contribution in [3.05, 3.63) is 23.2 Å². The average molecular weight is 211 g/mol. The Morgan fingerprint density at radius 1 is 1.79 bits per heavy atom. The number of aromatic nitrogens is 1. The molecule has 0 spiro atoms. The van der Waals surface area contributed by atoms with E-state index in [0.29, 0.717) is 15.7 Å². The molecule has 1 rings (SSSR count). The predicted octanol–water partition coefficient (Wildman–Crippen LogP) is 1.34. The van der Waals surface area contributed by atoms with Gasteiger partial charge in [0.1, 0.15) is 4.88 Å². The molecule has 0 aliphatic rings. The van der Waals surface area contributed by atoms with E-state index < -0.39 is 0 Å². The summed E-state index contributed by atoms with van der Waals surface area (Å²) in [6, 6.07) is -0.0507. The van der Waals surface area contributed by atoms with Crippen LogP contribution < -0.4 is 11.1 Å². The lowest BCUT2D eigenvalue weighted by molar-refractivity contribution is 0.0950. The summed E-state index contributed by atoms with van der Waals surface area (Å²) < 4.78 is 0. The van der Waals surface area contributed by atoms with Crippen molar-refractivity contribution in [3.63, 3.8) is 0 Å². The Labute approximate surface area is 86.8 Å². The molecule has 0 aromatic carbocycles. The quantitative estimate of drug-likeness (QED) is 0.741. The molecule has 5 heteroatoms. The summed E-state index contributed by atoms with van der Waals surface area (Å²) in [6.07, 6.45) is 1.66. The maximum Gasteiger partial charge on any atom is 0.263 e. The van der Waals surface area contributed by atoms with Gasteiger partial charge < -0.3 is 11.1 Å². The summed E-state index contributed by atoms with van der Waals surface area (Å²) in [5.41, 5.74) is 6.16. The lowest BCUT2D eigenvalue weighted by Gasteiger charge is -2.07. The number of nitrogens with two attached hydrogens (primary N) is 1. The van der Waals surface area contributed by atoms with Crippen molar-refractivity contribution >= 4 is 22.4 Å². The second-order valence-corrected chi connectivity index (χ2v) is 4.00. The highest BCUT2D eigenvalue weighted by Gasteiger charge is 2.14. The van der Waals surface area contributed by atoms with Gasteiger partial charge in [-0.3, -0.25) is 4.79 Å². The number of nitrogens with one attached hydrogen (secondary N) is 1. The molecule has 1 unspecified atom stereocenters. The molecule has 1 atom stereocenters. The molecular weight excluding hydrogens is 198 g/mol. The predicted molar refractivity (Wildman–Crippen MR) is 58.4 cm³/mol. The molecular formula is C9H13N3OS. The van der Waals surface area contributed by atoms with E-state index in [1.54, 1.807) is 13.0 Å². The molecule has 0 aliphatic carbocycles. The van der Waals surface area contributed by atoms with Gasteiger partial charge >= 0.3 is 0 Å². The van der Waals surface area contributed by atoms with Crippen LogP contribution in [-0.4, -0.2) is 16.9 Å². The number of anilines is 1. The molecule has 0 fully saturated rings. The topological polar surface area (TPSA) is 68.0 Å². The Morgan fingerprint density at radius 3 is 2.86 bits per heavy atom. The van der Waals surface area contributed by atoms with Gasteiger partial charge in [0, 0.05) is 6.04 Å². The van der Waals surface area contributed by atoms with Crippen LogP contribution in [0.3, 0.4) is 0 Å². The highest BCUT2D eigenvalue weighted by Crippen LogP contribution is 2.19. The first kappa shape index (κ1) is 10.7. The van der Waals surface area contributed by atoms with E-state index >= 15 is 0 Å². The third kappa shape index (κ3) is 2.32. The van der Waals surface area contributed by atoms with Crippen molar-refractivity contribution < 1.29 is 4.79 Å². The van der Waals surface area contributed by atoms with E-state index in [0.717, 1.165) is 0 Å². The normalized spacial score (nSPS) is 12.1. The summed E-state index contributed by atoms with van der Waals surface area (Å²) >= 11 is 1.20. The Bertz CT molecular complexity index is 359. The van der Waals surface area contributed by atoms with Crippen molar-refractivity contribution in [2.24, 2.45) is 0 Å². The van der Waals surface area contributed by atoms with Gasteiger partial charge in [-0.25, -0.2) is 4.98 Å². The third-order valence-corrected chi connectivity index (χ3v) is 2.72. The highest BCUT2D eigenvalue weighted by atomic mass is 32.1. The van der Waals surface area contributed by atoms with Gasteiger partial charge in [-0.15, -0.1) is 6.58 Å². The van der Waals surface area contributed by atoms with E-state index in [4.69, 9.17) is 5.73 Å². The lowest BCUT2D eigenvalue weighted by Crippen LogP contribution is -2.30. The molecule has 1 aromatic heterocycles. The molecule has 3 N–H and O–H groups in total. The van der Waals surface area contributed by atoms with Crippen LogP contribution in [0, 0.1) is 6.92 Å². The summed E-state index contributed by atoms with van der Waals surface area (Å²) in [5, 5.41) is 3.17. The van der Waals surface area contributed by atoms with Gasteiger partial charge in [0.05, 0.1) is 5.69 Å². The van der Waals surface area contributed by atoms with E-state index in [9.17, 15) is 4.79 Å². The summed E-state index contributed by atoms with van der Waals surface area (Å²) in [7, 11) is 0. The Morgan fingerprint density at radius 2 is 2.43 bits per heavy atom. The number of nitrogen functional groups attached to an aromatic ring is 1. The van der Waals surface area contributed by atoms with Gasteiger partial charge in [0.25, 0.3) is 5.91 Å².